The third kappa shape index (κ3) is 4.34. The van der Waals surface area contributed by atoms with Gasteiger partial charge in [0.1, 0.15) is 0 Å². The van der Waals surface area contributed by atoms with E-state index in [1.807, 2.05) is 0 Å². The van der Waals surface area contributed by atoms with Gasteiger partial charge >= 0.3 is 12.1 Å². The van der Waals surface area contributed by atoms with Crippen LogP contribution < -0.4 is 0 Å². The average molecular weight is 428 g/mol. The number of carboxylic acid groups (broad SMARTS) is 1. The van der Waals surface area contributed by atoms with Crippen molar-refractivity contribution in [3.8, 4) is 16.9 Å². The molecule has 1 N–H and O–H groups in total. The van der Waals surface area contributed by atoms with E-state index in [0.717, 1.165) is 11.6 Å². The van der Waals surface area contributed by atoms with Gasteiger partial charge in [0.05, 0.1) is 22.7 Å². The molecule has 0 aliphatic rings. The fourth-order valence-corrected chi connectivity index (χ4v) is 3.28. The van der Waals surface area contributed by atoms with E-state index >= 15 is 0 Å². The molecule has 0 spiro atoms. The summed E-state index contributed by atoms with van der Waals surface area (Å²) in [5, 5.41) is 9.11. The zero-order valence-corrected chi connectivity index (χ0v) is 15.8. The van der Waals surface area contributed by atoms with Gasteiger partial charge in [-0.25, -0.2) is 0 Å². The predicted molar refractivity (Wildman–Crippen MR) is 102 cm³/mol. The van der Waals surface area contributed by atoms with Crippen molar-refractivity contribution >= 4 is 29.2 Å². The highest BCUT2D eigenvalue weighted by Gasteiger charge is 2.33. The lowest BCUT2D eigenvalue weighted by molar-refractivity contribution is -0.138. The molecule has 3 aromatic rings. The average Bonchev–Trinajstić information content (AvgIpc) is 3.04. The van der Waals surface area contributed by atoms with Crippen molar-refractivity contribution in [1.82, 2.24) is 4.57 Å². The summed E-state index contributed by atoms with van der Waals surface area (Å²) in [6.45, 7) is 0. The molecule has 3 rings (SSSR count). The highest BCUT2D eigenvalue weighted by molar-refractivity contribution is 6.31. The van der Waals surface area contributed by atoms with Gasteiger partial charge in [0.15, 0.2) is 0 Å². The van der Waals surface area contributed by atoms with E-state index in [2.05, 4.69) is 0 Å². The Labute approximate surface area is 168 Å². The van der Waals surface area contributed by atoms with E-state index < -0.39 is 22.7 Å². The molecule has 0 aliphatic heterocycles. The first-order valence-electron chi connectivity index (χ1n) is 8.22. The molecular formula is C20H14Cl2F3NO2. The highest BCUT2D eigenvalue weighted by atomic mass is 35.5. The number of carbonyl (C=O) groups is 1. The Bertz CT molecular complexity index is 1010. The molecule has 0 radical (unpaired) electrons. The van der Waals surface area contributed by atoms with Gasteiger partial charge in [0.2, 0.25) is 0 Å². The Morgan fingerprint density at radius 1 is 1.00 bits per heavy atom. The number of alkyl halides is 3. The Morgan fingerprint density at radius 3 is 2.29 bits per heavy atom. The quantitative estimate of drug-likeness (QED) is 0.505. The minimum absolute atomic E-state index is 0.149. The van der Waals surface area contributed by atoms with Gasteiger partial charge in [-0.15, -0.1) is 0 Å². The monoisotopic (exact) mass is 427 g/mol. The number of aromatic nitrogens is 1. The van der Waals surface area contributed by atoms with Crippen molar-refractivity contribution in [2.24, 2.45) is 0 Å². The maximum absolute atomic E-state index is 13.3. The van der Waals surface area contributed by atoms with Crippen molar-refractivity contribution in [2.75, 3.05) is 0 Å². The van der Waals surface area contributed by atoms with Crippen molar-refractivity contribution in [3.05, 3.63) is 75.9 Å². The smallest absolute Gasteiger partial charge is 0.417 e. The topological polar surface area (TPSA) is 42.2 Å². The predicted octanol–water partition coefficient (Wildman–Crippen LogP) is 6.49. The van der Waals surface area contributed by atoms with Crippen LogP contribution in [0.15, 0.2) is 54.6 Å². The molecule has 1 aromatic heterocycles. The Hall–Kier alpha value is -2.44. The molecule has 0 fully saturated rings. The maximum Gasteiger partial charge on any atom is 0.417 e. The lowest BCUT2D eigenvalue weighted by Gasteiger charge is -2.17. The number of rotatable bonds is 5. The summed E-state index contributed by atoms with van der Waals surface area (Å²) in [6.07, 6.45) is -4.60. The van der Waals surface area contributed by atoms with Crippen LogP contribution in [0.4, 0.5) is 13.2 Å². The zero-order chi connectivity index (χ0) is 20.5. The molecule has 2 aromatic carbocycles. The molecule has 0 unspecified atom stereocenters. The second kappa shape index (κ2) is 7.89. The van der Waals surface area contributed by atoms with Crippen LogP contribution in [-0.4, -0.2) is 15.6 Å². The van der Waals surface area contributed by atoms with E-state index in [-0.39, 0.29) is 18.5 Å². The van der Waals surface area contributed by atoms with Gasteiger partial charge in [-0.2, -0.15) is 13.2 Å². The number of hydrogen-bond donors (Lipinski definition) is 1. The number of aryl methyl sites for hydroxylation is 1. The second-order valence-corrected chi connectivity index (χ2v) is 6.95. The van der Waals surface area contributed by atoms with Gasteiger partial charge < -0.3 is 9.67 Å². The molecular weight excluding hydrogens is 414 g/mol. The summed E-state index contributed by atoms with van der Waals surface area (Å²) >= 11 is 11.7. The minimum Gasteiger partial charge on any atom is -0.481 e. The normalized spacial score (nSPS) is 11.6. The standard InChI is InChI=1S/C20H14Cl2F3NO2/c21-13-3-1-12(2-4-13)18-9-6-14(7-10-19(27)28)26(18)15-5-8-17(22)16(11-15)20(23,24)25/h1-6,8-9,11H,7,10H2,(H,27,28). The third-order valence-corrected chi connectivity index (χ3v) is 4.79. The molecule has 0 amide bonds. The van der Waals surface area contributed by atoms with Crippen LogP contribution in [0.2, 0.25) is 10.0 Å². The molecule has 1 heterocycles. The summed E-state index contributed by atoms with van der Waals surface area (Å²) in [5.41, 5.74) is 1.21. The lowest BCUT2D eigenvalue weighted by atomic mass is 10.1. The fraction of sp³-hybridized carbons (Fsp3) is 0.150. The molecule has 0 saturated heterocycles. The SMILES string of the molecule is O=C(O)CCc1ccc(-c2ccc(Cl)cc2)n1-c1ccc(Cl)c(C(F)(F)F)c1. The van der Waals surface area contributed by atoms with E-state index in [1.54, 1.807) is 41.0 Å². The number of aliphatic carboxylic acids is 1. The summed E-state index contributed by atoms with van der Waals surface area (Å²) < 4.78 is 41.5. The van der Waals surface area contributed by atoms with Crippen LogP contribution in [0.1, 0.15) is 17.7 Å². The van der Waals surface area contributed by atoms with Crippen molar-refractivity contribution in [1.29, 1.82) is 0 Å². The first-order chi connectivity index (χ1) is 13.2. The Kier molecular flexibility index (Phi) is 5.72. The van der Waals surface area contributed by atoms with Crippen LogP contribution in [0.5, 0.6) is 0 Å². The summed E-state index contributed by atoms with van der Waals surface area (Å²) in [7, 11) is 0. The molecule has 0 aliphatic carbocycles. The first-order valence-corrected chi connectivity index (χ1v) is 8.98. The van der Waals surface area contributed by atoms with E-state index in [0.29, 0.717) is 16.4 Å². The largest absolute Gasteiger partial charge is 0.481 e. The fourth-order valence-electron chi connectivity index (χ4n) is 2.93. The van der Waals surface area contributed by atoms with Gasteiger partial charge in [0, 0.05) is 16.4 Å². The number of benzene rings is 2. The van der Waals surface area contributed by atoms with Crippen LogP contribution in [0.25, 0.3) is 16.9 Å². The molecule has 0 bridgehead atoms. The number of halogens is 5. The van der Waals surface area contributed by atoms with Crippen LogP contribution >= 0.6 is 23.2 Å². The van der Waals surface area contributed by atoms with Crippen LogP contribution in [-0.2, 0) is 17.4 Å². The Balaban J connectivity index is 2.18. The molecule has 0 saturated carbocycles. The van der Waals surface area contributed by atoms with Gasteiger partial charge in [0.25, 0.3) is 0 Å². The molecule has 0 atom stereocenters. The van der Waals surface area contributed by atoms with Crippen molar-refractivity contribution in [3.63, 3.8) is 0 Å². The number of carboxylic acids is 1. The summed E-state index contributed by atoms with van der Waals surface area (Å²) in [5.74, 6) is -0.993. The maximum atomic E-state index is 13.3. The summed E-state index contributed by atoms with van der Waals surface area (Å²) in [4.78, 5) is 11.0. The molecule has 146 valence electrons. The van der Waals surface area contributed by atoms with E-state index in [9.17, 15) is 18.0 Å². The van der Waals surface area contributed by atoms with E-state index in [1.165, 1.54) is 12.1 Å². The van der Waals surface area contributed by atoms with Gasteiger partial charge in [-0.05, 0) is 54.4 Å². The second-order valence-electron chi connectivity index (χ2n) is 6.11. The Morgan fingerprint density at radius 2 is 1.68 bits per heavy atom. The van der Waals surface area contributed by atoms with Gasteiger partial charge in [-0.1, -0.05) is 35.3 Å². The van der Waals surface area contributed by atoms with Crippen LogP contribution in [0, 0.1) is 0 Å². The number of hydrogen-bond acceptors (Lipinski definition) is 1. The van der Waals surface area contributed by atoms with Crippen molar-refractivity contribution in [2.45, 2.75) is 19.0 Å². The number of nitrogens with zero attached hydrogens (tertiary/aromatic N) is 1. The minimum atomic E-state index is -4.61. The summed E-state index contributed by atoms with van der Waals surface area (Å²) in [6, 6.07) is 13.9. The molecule has 3 nitrogen and oxygen atoms in total. The zero-order valence-electron chi connectivity index (χ0n) is 14.3. The molecule has 28 heavy (non-hydrogen) atoms. The highest BCUT2D eigenvalue weighted by Crippen LogP contribution is 2.37. The first kappa shape index (κ1) is 20.3. The van der Waals surface area contributed by atoms with E-state index in [4.69, 9.17) is 28.3 Å². The van der Waals surface area contributed by atoms with Gasteiger partial charge in [-0.3, -0.25) is 4.79 Å². The molecule has 8 heteroatoms. The van der Waals surface area contributed by atoms with Crippen molar-refractivity contribution < 1.29 is 23.1 Å². The lowest BCUT2D eigenvalue weighted by Crippen LogP contribution is -2.09. The third-order valence-electron chi connectivity index (χ3n) is 4.21. The van der Waals surface area contributed by atoms with Crippen LogP contribution in [0.3, 0.4) is 0 Å².